The molecule has 2 aromatic carbocycles. The molecule has 0 aromatic heterocycles. The largest absolute Gasteiger partial charge is 0.386 e. The SMILES string of the molecule is CC(C)(C)c1ccccc1C(=O)OOC(=O)c1ccccc1C(C)(C)C. The smallest absolute Gasteiger partial charge is 0.241 e. The molecule has 0 saturated heterocycles. The van der Waals surface area contributed by atoms with Gasteiger partial charge >= 0.3 is 11.9 Å². The average molecular weight is 354 g/mol. The quantitative estimate of drug-likeness (QED) is 0.549. The van der Waals surface area contributed by atoms with Gasteiger partial charge in [0, 0.05) is 0 Å². The van der Waals surface area contributed by atoms with Crippen LogP contribution in [-0.4, -0.2) is 11.9 Å². The molecule has 0 N–H and O–H groups in total. The molecule has 2 aromatic rings. The molecule has 0 unspecified atom stereocenters. The van der Waals surface area contributed by atoms with E-state index in [2.05, 4.69) is 0 Å². The number of hydrogen-bond acceptors (Lipinski definition) is 4. The van der Waals surface area contributed by atoms with Crippen molar-refractivity contribution in [2.24, 2.45) is 0 Å². The third-order valence-corrected chi connectivity index (χ3v) is 4.10. The van der Waals surface area contributed by atoms with Crippen LogP contribution in [0, 0.1) is 0 Å². The molecule has 4 nitrogen and oxygen atoms in total. The normalized spacial score (nSPS) is 11.8. The molecule has 0 amide bonds. The first-order chi connectivity index (χ1) is 12.0. The highest BCUT2D eigenvalue weighted by atomic mass is 17.2. The van der Waals surface area contributed by atoms with Gasteiger partial charge in [0.1, 0.15) is 0 Å². The summed E-state index contributed by atoms with van der Waals surface area (Å²) in [6, 6.07) is 14.3. The van der Waals surface area contributed by atoms with Gasteiger partial charge in [-0.05, 0) is 34.1 Å². The molecule has 0 spiro atoms. The fourth-order valence-electron chi connectivity index (χ4n) is 2.80. The second-order valence-corrected chi connectivity index (χ2v) is 8.33. The first kappa shape index (κ1) is 19.7. The lowest BCUT2D eigenvalue weighted by Crippen LogP contribution is -2.21. The van der Waals surface area contributed by atoms with Crippen molar-refractivity contribution < 1.29 is 19.4 Å². The molecule has 138 valence electrons. The Morgan fingerprint density at radius 2 is 0.923 bits per heavy atom. The molecule has 0 aliphatic heterocycles. The van der Waals surface area contributed by atoms with E-state index >= 15 is 0 Å². The summed E-state index contributed by atoms with van der Waals surface area (Å²) in [5.41, 5.74) is 1.96. The molecule has 0 radical (unpaired) electrons. The molecular weight excluding hydrogens is 328 g/mol. The van der Waals surface area contributed by atoms with Crippen LogP contribution in [0.15, 0.2) is 48.5 Å². The van der Waals surface area contributed by atoms with Gasteiger partial charge in [-0.25, -0.2) is 19.4 Å². The molecule has 0 aliphatic rings. The van der Waals surface area contributed by atoms with Crippen LogP contribution in [0.4, 0.5) is 0 Å². The second-order valence-electron chi connectivity index (χ2n) is 8.33. The van der Waals surface area contributed by atoms with Crippen LogP contribution in [0.2, 0.25) is 0 Å². The van der Waals surface area contributed by atoms with E-state index in [1.54, 1.807) is 24.3 Å². The Morgan fingerprint density at radius 1 is 0.615 bits per heavy atom. The lowest BCUT2D eigenvalue weighted by molar-refractivity contribution is -0.187. The fourth-order valence-corrected chi connectivity index (χ4v) is 2.80. The maximum atomic E-state index is 12.4. The Hall–Kier alpha value is -2.62. The highest BCUT2D eigenvalue weighted by Crippen LogP contribution is 2.28. The van der Waals surface area contributed by atoms with E-state index in [4.69, 9.17) is 9.78 Å². The summed E-state index contributed by atoms with van der Waals surface area (Å²) < 4.78 is 0. The van der Waals surface area contributed by atoms with Crippen LogP contribution in [0.1, 0.15) is 73.4 Å². The minimum atomic E-state index is -0.683. The zero-order valence-electron chi connectivity index (χ0n) is 16.3. The monoisotopic (exact) mass is 354 g/mol. The van der Waals surface area contributed by atoms with Crippen molar-refractivity contribution >= 4 is 11.9 Å². The number of rotatable bonds is 2. The molecule has 2 rings (SSSR count). The Kier molecular flexibility index (Phi) is 5.55. The van der Waals surface area contributed by atoms with E-state index in [0.29, 0.717) is 11.1 Å². The number of hydrogen-bond donors (Lipinski definition) is 0. The predicted octanol–water partition coefficient (Wildman–Crippen LogP) is 5.21. The Balaban J connectivity index is 2.19. The molecule has 26 heavy (non-hydrogen) atoms. The maximum absolute atomic E-state index is 12.4. The predicted molar refractivity (Wildman–Crippen MR) is 101 cm³/mol. The van der Waals surface area contributed by atoms with Crippen LogP contribution in [0.5, 0.6) is 0 Å². The van der Waals surface area contributed by atoms with Crippen molar-refractivity contribution in [1.82, 2.24) is 0 Å². The van der Waals surface area contributed by atoms with Crippen molar-refractivity contribution in [3.63, 3.8) is 0 Å². The minimum Gasteiger partial charge on any atom is -0.241 e. The first-order valence-electron chi connectivity index (χ1n) is 8.64. The zero-order valence-corrected chi connectivity index (χ0v) is 16.3. The van der Waals surface area contributed by atoms with Crippen LogP contribution in [0.3, 0.4) is 0 Å². The summed E-state index contributed by atoms with van der Waals surface area (Å²) in [6.07, 6.45) is 0. The molecule has 0 heterocycles. The molecule has 0 saturated carbocycles. The number of carbonyl (C=O) groups is 2. The number of benzene rings is 2. The summed E-state index contributed by atoms with van der Waals surface area (Å²) in [5.74, 6) is -1.37. The van der Waals surface area contributed by atoms with Crippen molar-refractivity contribution in [3.05, 3.63) is 70.8 Å². The van der Waals surface area contributed by atoms with E-state index in [1.807, 2.05) is 65.8 Å². The molecule has 0 atom stereocenters. The van der Waals surface area contributed by atoms with E-state index in [1.165, 1.54) is 0 Å². The van der Waals surface area contributed by atoms with Crippen LogP contribution >= 0.6 is 0 Å². The number of carbonyl (C=O) groups excluding carboxylic acids is 2. The van der Waals surface area contributed by atoms with Gasteiger partial charge in [-0.2, -0.15) is 0 Å². The minimum absolute atomic E-state index is 0.238. The van der Waals surface area contributed by atoms with Crippen molar-refractivity contribution in [2.45, 2.75) is 52.4 Å². The molecule has 0 bridgehead atoms. The Morgan fingerprint density at radius 3 is 1.23 bits per heavy atom. The average Bonchev–Trinajstić information content (AvgIpc) is 2.58. The molecule has 4 heteroatoms. The standard InChI is InChI=1S/C22H26O4/c1-21(2,3)17-13-9-7-11-15(17)19(23)25-26-20(24)16-12-8-10-14-18(16)22(4,5)6/h7-14H,1-6H3. The molecule has 0 fully saturated rings. The Bertz CT molecular complexity index is 738. The van der Waals surface area contributed by atoms with Crippen molar-refractivity contribution in [3.8, 4) is 0 Å². The van der Waals surface area contributed by atoms with E-state index < -0.39 is 11.9 Å². The van der Waals surface area contributed by atoms with Crippen LogP contribution < -0.4 is 0 Å². The summed E-state index contributed by atoms with van der Waals surface area (Å²) >= 11 is 0. The van der Waals surface area contributed by atoms with Crippen molar-refractivity contribution in [1.29, 1.82) is 0 Å². The lowest BCUT2D eigenvalue weighted by atomic mass is 9.84. The molecule has 0 aliphatic carbocycles. The fraction of sp³-hybridized carbons (Fsp3) is 0.364. The van der Waals surface area contributed by atoms with E-state index in [0.717, 1.165) is 11.1 Å². The van der Waals surface area contributed by atoms with Gasteiger partial charge in [-0.1, -0.05) is 77.9 Å². The highest BCUT2D eigenvalue weighted by Gasteiger charge is 2.26. The van der Waals surface area contributed by atoms with Gasteiger partial charge in [0.05, 0.1) is 11.1 Å². The third kappa shape index (κ3) is 4.51. The summed E-state index contributed by atoms with van der Waals surface area (Å²) in [7, 11) is 0. The zero-order chi connectivity index (χ0) is 19.5. The van der Waals surface area contributed by atoms with Gasteiger partial charge in [0.2, 0.25) is 0 Å². The van der Waals surface area contributed by atoms with Crippen LogP contribution in [-0.2, 0) is 20.6 Å². The van der Waals surface area contributed by atoms with Gasteiger partial charge in [0.25, 0.3) is 0 Å². The second kappa shape index (κ2) is 7.32. The van der Waals surface area contributed by atoms with Gasteiger partial charge in [-0.15, -0.1) is 0 Å². The highest BCUT2D eigenvalue weighted by molar-refractivity contribution is 5.94. The third-order valence-electron chi connectivity index (χ3n) is 4.10. The maximum Gasteiger partial charge on any atom is 0.386 e. The van der Waals surface area contributed by atoms with Gasteiger partial charge in [0.15, 0.2) is 0 Å². The summed E-state index contributed by atoms with van der Waals surface area (Å²) in [5, 5.41) is 0. The molecular formula is C22H26O4. The summed E-state index contributed by atoms with van der Waals surface area (Å²) in [6.45, 7) is 12.0. The van der Waals surface area contributed by atoms with Gasteiger partial charge in [-0.3, -0.25) is 0 Å². The van der Waals surface area contributed by atoms with E-state index in [9.17, 15) is 9.59 Å². The Labute approximate surface area is 155 Å². The van der Waals surface area contributed by atoms with Crippen molar-refractivity contribution in [2.75, 3.05) is 0 Å². The first-order valence-corrected chi connectivity index (χ1v) is 8.64. The lowest BCUT2D eigenvalue weighted by Gasteiger charge is -2.22. The van der Waals surface area contributed by atoms with Gasteiger partial charge < -0.3 is 0 Å². The topological polar surface area (TPSA) is 52.6 Å². The summed E-state index contributed by atoms with van der Waals surface area (Å²) in [4.78, 5) is 34.6. The van der Waals surface area contributed by atoms with E-state index in [-0.39, 0.29) is 10.8 Å². The van der Waals surface area contributed by atoms with Crippen LogP contribution in [0.25, 0.3) is 0 Å².